The molecular formula is C17H13Cl3N2O. The maximum absolute atomic E-state index is 12.1. The number of aryl methyl sites for hydroxylation is 1. The Balaban J connectivity index is 1.67. The lowest BCUT2D eigenvalue weighted by Gasteiger charge is -2.10. The van der Waals surface area contributed by atoms with Crippen LogP contribution in [0, 0.1) is 0 Å². The number of amides is 1. The first-order valence-electron chi connectivity index (χ1n) is 7.03. The van der Waals surface area contributed by atoms with Crippen molar-refractivity contribution in [3.63, 3.8) is 0 Å². The highest BCUT2D eigenvalue weighted by Crippen LogP contribution is 2.32. The number of para-hydroxylation sites is 1. The summed E-state index contributed by atoms with van der Waals surface area (Å²) in [6.07, 6.45) is 2.30. The summed E-state index contributed by atoms with van der Waals surface area (Å²) < 4.78 is 2.05. The topological polar surface area (TPSA) is 34.0 Å². The van der Waals surface area contributed by atoms with Crippen LogP contribution in [0.1, 0.15) is 6.42 Å². The number of carbonyl (C=O) groups is 1. The molecule has 1 amide bonds. The van der Waals surface area contributed by atoms with E-state index >= 15 is 0 Å². The SMILES string of the molecule is O=C(CCn1ccc2ccccc21)Nc1cc(Cl)c(Cl)cc1Cl. The number of rotatable bonds is 4. The largest absolute Gasteiger partial charge is 0.347 e. The van der Waals surface area contributed by atoms with Crippen LogP contribution >= 0.6 is 34.8 Å². The molecular weight excluding hydrogens is 355 g/mol. The number of hydrogen-bond acceptors (Lipinski definition) is 1. The minimum Gasteiger partial charge on any atom is -0.347 e. The van der Waals surface area contributed by atoms with E-state index in [1.807, 2.05) is 41.1 Å². The minimum atomic E-state index is -0.136. The summed E-state index contributed by atoms with van der Waals surface area (Å²) in [6, 6.07) is 13.1. The molecule has 0 saturated carbocycles. The summed E-state index contributed by atoms with van der Waals surface area (Å²) in [5.74, 6) is -0.136. The molecule has 1 heterocycles. The van der Waals surface area contributed by atoms with Gasteiger partial charge in [-0.25, -0.2) is 0 Å². The second-order valence-electron chi connectivity index (χ2n) is 5.11. The maximum atomic E-state index is 12.1. The Kier molecular flexibility index (Phi) is 4.81. The average Bonchev–Trinajstić information content (AvgIpc) is 2.94. The van der Waals surface area contributed by atoms with E-state index in [2.05, 4.69) is 5.32 Å². The van der Waals surface area contributed by atoms with Gasteiger partial charge in [0.25, 0.3) is 0 Å². The van der Waals surface area contributed by atoms with Crippen molar-refractivity contribution in [3.05, 3.63) is 63.7 Å². The van der Waals surface area contributed by atoms with Gasteiger partial charge in [0.05, 0.1) is 20.8 Å². The molecule has 0 aliphatic rings. The summed E-state index contributed by atoms with van der Waals surface area (Å²) in [4.78, 5) is 12.1. The van der Waals surface area contributed by atoms with Gasteiger partial charge in [-0.15, -0.1) is 0 Å². The van der Waals surface area contributed by atoms with Gasteiger partial charge in [-0.1, -0.05) is 53.0 Å². The van der Waals surface area contributed by atoms with Crippen molar-refractivity contribution in [2.24, 2.45) is 0 Å². The molecule has 0 unspecified atom stereocenters. The number of hydrogen-bond donors (Lipinski definition) is 1. The van der Waals surface area contributed by atoms with Crippen molar-refractivity contribution in [3.8, 4) is 0 Å². The number of fused-ring (bicyclic) bond motifs is 1. The van der Waals surface area contributed by atoms with Gasteiger partial charge in [0.2, 0.25) is 5.91 Å². The highest BCUT2D eigenvalue weighted by molar-refractivity contribution is 6.44. The van der Waals surface area contributed by atoms with E-state index in [4.69, 9.17) is 34.8 Å². The Hall–Kier alpha value is -1.68. The zero-order chi connectivity index (χ0) is 16.4. The van der Waals surface area contributed by atoms with Crippen molar-refractivity contribution in [1.29, 1.82) is 0 Å². The predicted molar refractivity (Wildman–Crippen MR) is 96.7 cm³/mol. The second-order valence-corrected chi connectivity index (χ2v) is 6.33. The Bertz CT molecular complexity index is 873. The molecule has 0 aliphatic heterocycles. The molecule has 0 radical (unpaired) electrons. The monoisotopic (exact) mass is 366 g/mol. The predicted octanol–water partition coefficient (Wildman–Crippen LogP) is 5.63. The van der Waals surface area contributed by atoms with E-state index in [0.717, 1.165) is 10.9 Å². The molecule has 0 spiro atoms. The average molecular weight is 368 g/mol. The Morgan fingerprint density at radius 1 is 1.00 bits per heavy atom. The van der Waals surface area contributed by atoms with Crippen LogP contribution in [-0.4, -0.2) is 10.5 Å². The number of nitrogens with one attached hydrogen (secondary N) is 1. The van der Waals surface area contributed by atoms with Gasteiger partial charge in [-0.2, -0.15) is 0 Å². The van der Waals surface area contributed by atoms with Crippen LogP contribution in [0.5, 0.6) is 0 Å². The molecule has 0 bridgehead atoms. The third kappa shape index (κ3) is 3.63. The van der Waals surface area contributed by atoms with Crippen LogP contribution < -0.4 is 5.32 Å². The number of halogens is 3. The van der Waals surface area contributed by atoms with E-state index in [0.29, 0.717) is 33.7 Å². The lowest BCUT2D eigenvalue weighted by Crippen LogP contribution is -2.14. The Morgan fingerprint density at radius 2 is 1.74 bits per heavy atom. The summed E-state index contributed by atoms with van der Waals surface area (Å²) in [7, 11) is 0. The van der Waals surface area contributed by atoms with E-state index < -0.39 is 0 Å². The molecule has 0 atom stereocenters. The van der Waals surface area contributed by atoms with Gasteiger partial charge < -0.3 is 9.88 Å². The lowest BCUT2D eigenvalue weighted by atomic mass is 10.2. The quantitative estimate of drug-likeness (QED) is 0.596. The fourth-order valence-corrected chi connectivity index (χ4v) is 2.98. The Labute approximate surface area is 148 Å². The molecule has 3 nitrogen and oxygen atoms in total. The van der Waals surface area contributed by atoms with Crippen molar-refractivity contribution < 1.29 is 4.79 Å². The van der Waals surface area contributed by atoms with Crippen molar-refractivity contribution in [2.45, 2.75) is 13.0 Å². The molecule has 1 N–H and O–H groups in total. The Morgan fingerprint density at radius 3 is 2.57 bits per heavy atom. The summed E-state index contributed by atoms with van der Waals surface area (Å²) >= 11 is 17.9. The van der Waals surface area contributed by atoms with E-state index in [-0.39, 0.29) is 5.91 Å². The highest BCUT2D eigenvalue weighted by Gasteiger charge is 2.10. The summed E-state index contributed by atoms with van der Waals surface area (Å²) in [5.41, 5.74) is 1.57. The van der Waals surface area contributed by atoms with Gasteiger partial charge >= 0.3 is 0 Å². The zero-order valence-electron chi connectivity index (χ0n) is 12.0. The molecule has 6 heteroatoms. The third-order valence-corrected chi connectivity index (χ3v) is 4.58. The number of nitrogens with zero attached hydrogens (tertiary/aromatic N) is 1. The van der Waals surface area contributed by atoms with Crippen LogP contribution in [0.3, 0.4) is 0 Å². The van der Waals surface area contributed by atoms with Gasteiger partial charge in [-0.3, -0.25) is 4.79 Å². The molecule has 2 aromatic carbocycles. The number of aromatic nitrogens is 1. The molecule has 23 heavy (non-hydrogen) atoms. The summed E-state index contributed by atoms with van der Waals surface area (Å²) in [6.45, 7) is 0.582. The normalized spacial score (nSPS) is 10.9. The first-order chi connectivity index (χ1) is 11.0. The molecule has 0 fully saturated rings. The fraction of sp³-hybridized carbons (Fsp3) is 0.118. The highest BCUT2D eigenvalue weighted by atomic mass is 35.5. The zero-order valence-corrected chi connectivity index (χ0v) is 14.3. The van der Waals surface area contributed by atoms with Crippen molar-refractivity contribution >= 4 is 57.3 Å². The maximum Gasteiger partial charge on any atom is 0.226 e. The molecule has 0 saturated heterocycles. The molecule has 0 aliphatic carbocycles. The minimum absolute atomic E-state index is 0.136. The van der Waals surface area contributed by atoms with Crippen molar-refractivity contribution in [2.75, 3.05) is 5.32 Å². The van der Waals surface area contributed by atoms with Gasteiger partial charge in [-0.05, 0) is 29.7 Å². The van der Waals surface area contributed by atoms with Crippen molar-refractivity contribution in [1.82, 2.24) is 4.57 Å². The number of benzene rings is 2. The van der Waals surface area contributed by atoms with E-state index in [1.165, 1.54) is 6.07 Å². The van der Waals surface area contributed by atoms with Crippen LogP contribution in [0.25, 0.3) is 10.9 Å². The first kappa shape index (κ1) is 16.2. The molecule has 3 aromatic rings. The smallest absolute Gasteiger partial charge is 0.226 e. The van der Waals surface area contributed by atoms with E-state index in [1.54, 1.807) is 6.07 Å². The number of carbonyl (C=O) groups excluding carboxylic acids is 1. The third-order valence-electron chi connectivity index (χ3n) is 3.54. The van der Waals surface area contributed by atoms with Gasteiger partial charge in [0.15, 0.2) is 0 Å². The van der Waals surface area contributed by atoms with Crippen LogP contribution in [0.15, 0.2) is 48.7 Å². The first-order valence-corrected chi connectivity index (χ1v) is 8.16. The van der Waals surface area contributed by atoms with Gasteiger partial charge in [0.1, 0.15) is 0 Å². The van der Waals surface area contributed by atoms with Crippen LogP contribution in [0.4, 0.5) is 5.69 Å². The molecule has 118 valence electrons. The summed E-state index contributed by atoms with van der Waals surface area (Å²) in [5, 5.41) is 4.98. The fourth-order valence-electron chi connectivity index (χ4n) is 2.39. The standard InChI is InChI=1S/C17H13Cl3N2O/c18-12-9-14(20)15(10-13(12)19)21-17(23)6-8-22-7-5-11-3-1-2-4-16(11)22/h1-5,7,9-10H,6,8H2,(H,21,23). The van der Waals surface area contributed by atoms with Crippen LogP contribution in [-0.2, 0) is 11.3 Å². The molecule has 3 rings (SSSR count). The van der Waals surface area contributed by atoms with Gasteiger partial charge in [0, 0.05) is 24.7 Å². The lowest BCUT2D eigenvalue weighted by molar-refractivity contribution is -0.116. The van der Waals surface area contributed by atoms with Crippen LogP contribution in [0.2, 0.25) is 15.1 Å². The van der Waals surface area contributed by atoms with E-state index in [9.17, 15) is 4.79 Å². The number of anilines is 1. The second kappa shape index (κ2) is 6.83. The molecule has 1 aromatic heterocycles.